The molecule has 1 atom stereocenters. The number of fused-ring (bicyclic) bond motifs is 2. The van der Waals surface area contributed by atoms with E-state index in [1.807, 2.05) is 19.3 Å². The molecule has 1 aliphatic carbocycles. The number of sulfonamides is 1. The van der Waals surface area contributed by atoms with Gasteiger partial charge in [0.2, 0.25) is 10.0 Å². The van der Waals surface area contributed by atoms with Gasteiger partial charge in [-0.2, -0.15) is 4.31 Å². The summed E-state index contributed by atoms with van der Waals surface area (Å²) in [5, 5.41) is 4.72. The molecule has 0 bridgehead atoms. The minimum absolute atomic E-state index is 0.109. The molecule has 0 radical (unpaired) electrons. The van der Waals surface area contributed by atoms with Crippen LogP contribution in [0.5, 0.6) is 0 Å². The van der Waals surface area contributed by atoms with Gasteiger partial charge in [0.05, 0.1) is 12.3 Å². The number of likely N-dealkylation sites (N-methyl/N-ethyl adjacent to an activating group) is 1. The fraction of sp³-hybridized carbons (Fsp3) is 0.368. The van der Waals surface area contributed by atoms with Crippen LogP contribution >= 0.6 is 0 Å². The second-order valence-corrected chi connectivity index (χ2v) is 9.26. The molecule has 1 aromatic carbocycles. The molecule has 2 heterocycles. The van der Waals surface area contributed by atoms with Gasteiger partial charge in [-0.15, -0.1) is 0 Å². The topological polar surface area (TPSA) is 105 Å². The van der Waals surface area contributed by atoms with Crippen LogP contribution in [0.4, 0.5) is 0 Å². The van der Waals surface area contributed by atoms with Gasteiger partial charge in [-0.25, -0.2) is 8.42 Å². The summed E-state index contributed by atoms with van der Waals surface area (Å²) in [6.45, 7) is 0.516. The van der Waals surface area contributed by atoms with Crippen LogP contribution in [0, 0.1) is 0 Å². The average Bonchev–Trinajstić information content (AvgIpc) is 3.06. The lowest BCUT2D eigenvalue weighted by Crippen LogP contribution is -2.38. The van der Waals surface area contributed by atoms with Crippen LogP contribution in [-0.4, -0.2) is 61.6 Å². The number of rotatable bonds is 6. The summed E-state index contributed by atoms with van der Waals surface area (Å²) in [6.07, 6.45) is 8.30. The number of benzene rings is 1. The summed E-state index contributed by atoms with van der Waals surface area (Å²) >= 11 is 0. The molecular weight excluding hydrogens is 376 g/mol. The van der Waals surface area contributed by atoms with Gasteiger partial charge in [-0.05, 0) is 40.3 Å². The van der Waals surface area contributed by atoms with Crippen molar-refractivity contribution < 1.29 is 8.42 Å². The van der Waals surface area contributed by atoms with E-state index >= 15 is 0 Å². The lowest BCUT2D eigenvalue weighted by molar-refractivity contribution is 0.377. The maximum Gasteiger partial charge on any atom is 0.211 e. The first-order valence-electron chi connectivity index (χ1n) is 9.08. The van der Waals surface area contributed by atoms with Crippen molar-refractivity contribution in [1.29, 1.82) is 0 Å². The van der Waals surface area contributed by atoms with Crippen molar-refractivity contribution in [2.24, 2.45) is 5.11 Å². The van der Waals surface area contributed by atoms with Crippen molar-refractivity contribution in [3.8, 4) is 0 Å². The summed E-state index contributed by atoms with van der Waals surface area (Å²) in [5.41, 5.74) is 14.2. The summed E-state index contributed by atoms with van der Waals surface area (Å²) in [5.74, 6) is 0. The quantitative estimate of drug-likeness (QED) is 0.459. The van der Waals surface area contributed by atoms with E-state index in [2.05, 4.69) is 44.3 Å². The van der Waals surface area contributed by atoms with Gasteiger partial charge in [0.25, 0.3) is 0 Å². The Bertz CT molecular complexity index is 1140. The highest BCUT2D eigenvalue weighted by Crippen LogP contribution is 2.40. The fourth-order valence-corrected chi connectivity index (χ4v) is 4.93. The van der Waals surface area contributed by atoms with Gasteiger partial charge in [-0.3, -0.25) is 0 Å². The average molecular weight is 398 g/mol. The Hall–Kier alpha value is -2.74. The molecule has 2 aliphatic rings. The normalized spacial score (nSPS) is 18.5. The molecule has 0 fully saturated rings. The molecule has 1 N–H and O–H groups in total. The SMILES string of the molecule is CN1C=C(CN(CCN=[N+]=[N-])S(C)(=O)=O)C=C2c3cccc4[nH]cc(c34)CC21. The molecule has 0 saturated carbocycles. The summed E-state index contributed by atoms with van der Waals surface area (Å²) in [6, 6.07) is 6.48. The van der Waals surface area contributed by atoms with Crippen LogP contribution in [0.1, 0.15) is 11.1 Å². The van der Waals surface area contributed by atoms with Crippen molar-refractivity contribution in [2.45, 2.75) is 12.5 Å². The lowest BCUT2D eigenvalue weighted by Gasteiger charge is -2.37. The molecule has 8 nitrogen and oxygen atoms in total. The zero-order valence-corrected chi connectivity index (χ0v) is 16.6. The third kappa shape index (κ3) is 3.28. The highest BCUT2D eigenvalue weighted by molar-refractivity contribution is 7.88. The van der Waals surface area contributed by atoms with Gasteiger partial charge in [-0.1, -0.05) is 23.3 Å². The number of aromatic amines is 1. The van der Waals surface area contributed by atoms with E-state index in [0.29, 0.717) is 0 Å². The van der Waals surface area contributed by atoms with Crippen molar-refractivity contribution >= 4 is 26.5 Å². The Balaban J connectivity index is 1.69. The van der Waals surface area contributed by atoms with Gasteiger partial charge in [0.15, 0.2) is 0 Å². The molecule has 0 amide bonds. The number of aromatic nitrogens is 1. The minimum Gasteiger partial charge on any atom is -0.373 e. The molecule has 1 aliphatic heterocycles. The number of H-pyrrole nitrogens is 1. The summed E-state index contributed by atoms with van der Waals surface area (Å²) in [7, 11) is -1.39. The largest absolute Gasteiger partial charge is 0.373 e. The predicted molar refractivity (Wildman–Crippen MR) is 110 cm³/mol. The van der Waals surface area contributed by atoms with Gasteiger partial charge in [0.1, 0.15) is 0 Å². The zero-order valence-electron chi connectivity index (χ0n) is 15.8. The third-order valence-corrected chi connectivity index (χ3v) is 6.66. The van der Waals surface area contributed by atoms with E-state index in [1.54, 1.807) is 0 Å². The summed E-state index contributed by atoms with van der Waals surface area (Å²) in [4.78, 5) is 8.21. The van der Waals surface area contributed by atoms with E-state index in [4.69, 9.17) is 5.53 Å². The molecule has 28 heavy (non-hydrogen) atoms. The molecule has 146 valence electrons. The molecule has 0 spiro atoms. The Morgan fingerprint density at radius 3 is 3.00 bits per heavy atom. The van der Waals surface area contributed by atoms with Crippen molar-refractivity contribution in [3.63, 3.8) is 0 Å². The molecule has 9 heteroatoms. The number of nitrogens with zero attached hydrogens (tertiary/aromatic N) is 5. The maximum atomic E-state index is 12.2. The number of azide groups is 1. The van der Waals surface area contributed by atoms with E-state index in [9.17, 15) is 8.42 Å². The van der Waals surface area contributed by atoms with E-state index < -0.39 is 10.0 Å². The van der Waals surface area contributed by atoms with Crippen molar-refractivity contribution in [2.75, 3.05) is 32.9 Å². The van der Waals surface area contributed by atoms with Crippen molar-refractivity contribution in [3.05, 3.63) is 63.8 Å². The lowest BCUT2D eigenvalue weighted by atomic mass is 9.82. The number of hydrogen-bond acceptors (Lipinski definition) is 4. The van der Waals surface area contributed by atoms with Crippen LogP contribution in [0.2, 0.25) is 0 Å². The number of nitrogens with one attached hydrogen (secondary N) is 1. The second kappa shape index (κ2) is 7.01. The first kappa shape index (κ1) is 18.6. The molecule has 4 rings (SSSR count). The molecule has 2 aromatic rings. The Labute approximate surface area is 163 Å². The molecular formula is C19H22N6O2S. The monoisotopic (exact) mass is 398 g/mol. The summed E-state index contributed by atoms with van der Waals surface area (Å²) < 4.78 is 25.7. The van der Waals surface area contributed by atoms with E-state index in [1.165, 1.54) is 32.6 Å². The minimum atomic E-state index is -3.42. The number of hydrogen-bond donors (Lipinski definition) is 1. The van der Waals surface area contributed by atoms with E-state index in [-0.39, 0.29) is 25.7 Å². The Morgan fingerprint density at radius 1 is 1.43 bits per heavy atom. The molecule has 1 aromatic heterocycles. The van der Waals surface area contributed by atoms with Crippen LogP contribution < -0.4 is 0 Å². The fourth-order valence-electron chi connectivity index (χ4n) is 4.13. The smallest absolute Gasteiger partial charge is 0.211 e. The highest BCUT2D eigenvalue weighted by Gasteiger charge is 2.31. The van der Waals surface area contributed by atoms with Crippen LogP contribution in [0.15, 0.2) is 47.4 Å². The molecule has 1 unspecified atom stereocenters. The van der Waals surface area contributed by atoms with Crippen molar-refractivity contribution in [1.82, 2.24) is 14.2 Å². The first-order valence-corrected chi connectivity index (χ1v) is 10.9. The van der Waals surface area contributed by atoms with E-state index in [0.717, 1.165) is 17.5 Å². The van der Waals surface area contributed by atoms with Gasteiger partial charge >= 0.3 is 0 Å². The van der Waals surface area contributed by atoms with Gasteiger partial charge in [0, 0.05) is 54.9 Å². The Kier molecular flexibility index (Phi) is 4.66. The second-order valence-electron chi connectivity index (χ2n) is 7.28. The Morgan fingerprint density at radius 2 is 2.25 bits per heavy atom. The van der Waals surface area contributed by atoms with Crippen LogP contribution in [-0.2, 0) is 16.4 Å². The standard InChI is InChI=1S/C19H22N6O2S/c1-24-11-13(12-25(28(2,26)27)7-6-22-23-20)8-16-15-4-3-5-17-19(15)14(10-21-17)9-18(16)24/h3-5,8,10-11,18,21H,6-7,9,12H2,1-2H3. The highest BCUT2D eigenvalue weighted by atomic mass is 32.2. The third-order valence-electron chi connectivity index (χ3n) is 5.41. The van der Waals surface area contributed by atoms with Gasteiger partial charge < -0.3 is 9.88 Å². The predicted octanol–water partition coefficient (Wildman–Crippen LogP) is 2.88. The zero-order chi connectivity index (χ0) is 19.9. The van der Waals surface area contributed by atoms with Crippen LogP contribution in [0.3, 0.4) is 0 Å². The molecule has 0 saturated heterocycles. The first-order chi connectivity index (χ1) is 13.4. The maximum absolute atomic E-state index is 12.2. The van der Waals surface area contributed by atoms with Crippen LogP contribution in [0.25, 0.3) is 26.9 Å².